The van der Waals surface area contributed by atoms with Crippen molar-refractivity contribution in [2.75, 3.05) is 19.1 Å². The van der Waals surface area contributed by atoms with Gasteiger partial charge in [0.1, 0.15) is 19.0 Å². The fourth-order valence-electron chi connectivity index (χ4n) is 2.12. The maximum absolute atomic E-state index is 12.3. The third kappa shape index (κ3) is 7.72. The molecule has 26 heavy (non-hydrogen) atoms. The van der Waals surface area contributed by atoms with Crippen LogP contribution < -0.4 is 15.4 Å². The summed E-state index contributed by atoms with van der Waals surface area (Å²) in [5, 5.41) is 14.1. The van der Waals surface area contributed by atoms with E-state index in [1.807, 2.05) is 26.8 Å². The van der Waals surface area contributed by atoms with Gasteiger partial charge in [0, 0.05) is 6.04 Å². The second-order valence-electron chi connectivity index (χ2n) is 6.05. The summed E-state index contributed by atoms with van der Waals surface area (Å²) in [5.74, 6) is 0.280. The highest BCUT2D eigenvalue weighted by atomic mass is 35.5. The van der Waals surface area contributed by atoms with Crippen molar-refractivity contribution in [1.82, 2.24) is 10.6 Å². The zero-order valence-electron chi connectivity index (χ0n) is 15.1. The third-order valence-electron chi connectivity index (χ3n) is 3.43. The number of carbonyl (C=O) groups is 2. The number of hydrogen-bond acceptors (Lipinski definition) is 6. The SMILES string of the molecule is CC(COc1ccc(C#N)cc1)N[C@H](C(=O)NC(=O)OCCCl)C(C)C. The fraction of sp³-hybridized carbons (Fsp3) is 0.500. The van der Waals surface area contributed by atoms with E-state index in [-0.39, 0.29) is 24.4 Å². The number of carbonyl (C=O) groups excluding carboxylic acids is 2. The van der Waals surface area contributed by atoms with Crippen molar-refractivity contribution in [3.05, 3.63) is 29.8 Å². The number of rotatable bonds is 9. The van der Waals surface area contributed by atoms with Gasteiger partial charge in [-0.3, -0.25) is 15.4 Å². The molecule has 0 aromatic heterocycles. The smallest absolute Gasteiger partial charge is 0.413 e. The van der Waals surface area contributed by atoms with Gasteiger partial charge in [-0.25, -0.2) is 4.79 Å². The molecule has 1 unspecified atom stereocenters. The van der Waals surface area contributed by atoms with E-state index in [0.29, 0.717) is 17.9 Å². The van der Waals surface area contributed by atoms with Gasteiger partial charge in [-0.2, -0.15) is 5.26 Å². The molecular weight excluding hydrogens is 358 g/mol. The van der Waals surface area contributed by atoms with Gasteiger partial charge in [0.05, 0.1) is 23.6 Å². The predicted octanol–water partition coefficient (Wildman–Crippen LogP) is 2.43. The van der Waals surface area contributed by atoms with Crippen LogP contribution in [0.1, 0.15) is 26.3 Å². The van der Waals surface area contributed by atoms with Gasteiger partial charge in [0.15, 0.2) is 0 Å². The van der Waals surface area contributed by atoms with Crippen molar-refractivity contribution in [1.29, 1.82) is 5.26 Å². The molecule has 1 aromatic carbocycles. The standard InChI is InChI=1S/C18H24ClN3O4/c1-12(2)16(17(23)22-18(24)25-9-8-19)21-13(3)11-26-15-6-4-14(10-20)5-7-15/h4-7,12-13,16,21H,8-9,11H2,1-3H3,(H,22,23,24)/t13?,16-/m0/s1. The molecule has 0 aliphatic carbocycles. The number of imide groups is 1. The summed E-state index contributed by atoms with van der Waals surface area (Å²) < 4.78 is 10.4. The van der Waals surface area contributed by atoms with Crippen LogP contribution in [0, 0.1) is 17.2 Å². The highest BCUT2D eigenvalue weighted by Crippen LogP contribution is 2.12. The molecule has 2 atom stereocenters. The Balaban J connectivity index is 2.52. The van der Waals surface area contributed by atoms with Crippen LogP contribution in [0.15, 0.2) is 24.3 Å². The first-order valence-electron chi connectivity index (χ1n) is 8.30. The van der Waals surface area contributed by atoms with Gasteiger partial charge in [-0.15, -0.1) is 11.6 Å². The number of alkyl carbamates (subject to hydrolysis) is 1. The van der Waals surface area contributed by atoms with Gasteiger partial charge in [0.25, 0.3) is 0 Å². The summed E-state index contributed by atoms with van der Waals surface area (Å²) in [5.41, 5.74) is 0.557. The Bertz CT molecular complexity index is 628. The first kappa shape index (κ1) is 21.7. The average Bonchev–Trinajstić information content (AvgIpc) is 2.62. The van der Waals surface area contributed by atoms with E-state index in [9.17, 15) is 9.59 Å². The van der Waals surface area contributed by atoms with Crippen LogP contribution in [-0.2, 0) is 9.53 Å². The van der Waals surface area contributed by atoms with E-state index in [1.54, 1.807) is 24.3 Å². The number of nitrogens with one attached hydrogen (secondary N) is 2. The maximum atomic E-state index is 12.3. The number of nitriles is 1. The fourth-order valence-corrected chi connectivity index (χ4v) is 2.20. The number of halogens is 1. The molecule has 0 saturated heterocycles. The van der Waals surface area contributed by atoms with Gasteiger partial charge >= 0.3 is 6.09 Å². The van der Waals surface area contributed by atoms with Crippen LogP contribution in [0.25, 0.3) is 0 Å². The average molecular weight is 382 g/mol. The minimum Gasteiger partial charge on any atom is -0.492 e. The molecule has 8 heteroatoms. The second-order valence-corrected chi connectivity index (χ2v) is 6.43. The van der Waals surface area contributed by atoms with Crippen LogP contribution in [0.2, 0.25) is 0 Å². The van der Waals surface area contributed by atoms with E-state index in [4.69, 9.17) is 26.3 Å². The maximum Gasteiger partial charge on any atom is 0.413 e. The monoisotopic (exact) mass is 381 g/mol. The number of benzene rings is 1. The lowest BCUT2D eigenvalue weighted by Crippen LogP contribution is -2.53. The van der Waals surface area contributed by atoms with Gasteiger partial charge in [-0.05, 0) is 37.1 Å². The molecule has 2 N–H and O–H groups in total. The van der Waals surface area contributed by atoms with E-state index in [1.165, 1.54) is 0 Å². The van der Waals surface area contributed by atoms with Crippen molar-refractivity contribution in [3.63, 3.8) is 0 Å². The first-order valence-corrected chi connectivity index (χ1v) is 8.83. The van der Waals surface area contributed by atoms with Gasteiger partial charge in [-0.1, -0.05) is 13.8 Å². The minimum atomic E-state index is -0.815. The van der Waals surface area contributed by atoms with Crippen LogP contribution >= 0.6 is 11.6 Å². The van der Waals surface area contributed by atoms with Crippen molar-refractivity contribution in [2.24, 2.45) is 5.92 Å². The Kier molecular flexibility index (Phi) is 9.48. The summed E-state index contributed by atoms with van der Waals surface area (Å²) >= 11 is 5.43. The number of amides is 2. The Morgan fingerprint density at radius 1 is 1.23 bits per heavy atom. The van der Waals surface area contributed by atoms with Crippen LogP contribution in [-0.4, -0.2) is 43.2 Å². The zero-order chi connectivity index (χ0) is 19.5. The summed E-state index contributed by atoms with van der Waals surface area (Å²) in [6.45, 7) is 5.97. The molecular formula is C18H24ClN3O4. The molecule has 0 aliphatic heterocycles. The normalized spacial score (nSPS) is 12.8. The predicted molar refractivity (Wildman–Crippen MR) is 98.1 cm³/mol. The molecule has 7 nitrogen and oxygen atoms in total. The topological polar surface area (TPSA) is 100 Å². The molecule has 1 aromatic rings. The number of ether oxygens (including phenoxy) is 2. The summed E-state index contributed by atoms with van der Waals surface area (Å²) in [6.07, 6.45) is -0.815. The lowest BCUT2D eigenvalue weighted by molar-refractivity contribution is -0.123. The zero-order valence-corrected chi connectivity index (χ0v) is 15.9. The highest BCUT2D eigenvalue weighted by Gasteiger charge is 2.25. The summed E-state index contributed by atoms with van der Waals surface area (Å²) in [7, 11) is 0. The van der Waals surface area contributed by atoms with Crippen molar-refractivity contribution >= 4 is 23.6 Å². The molecule has 0 heterocycles. The van der Waals surface area contributed by atoms with Crippen LogP contribution in [0.4, 0.5) is 4.79 Å². The van der Waals surface area contributed by atoms with Crippen LogP contribution in [0.5, 0.6) is 5.75 Å². The van der Waals surface area contributed by atoms with E-state index < -0.39 is 18.0 Å². The largest absolute Gasteiger partial charge is 0.492 e. The van der Waals surface area contributed by atoms with E-state index in [0.717, 1.165) is 0 Å². The Morgan fingerprint density at radius 3 is 2.42 bits per heavy atom. The van der Waals surface area contributed by atoms with Crippen LogP contribution in [0.3, 0.4) is 0 Å². The summed E-state index contributed by atoms with van der Waals surface area (Å²) in [4.78, 5) is 23.8. The molecule has 0 spiro atoms. The quantitative estimate of drug-likeness (QED) is 0.637. The number of alkyl halides is 1. The number of nitrogens with zero attached hydrogens (tertiary/aromatic N) is 1. The van der Waals surface area contributed by atoms with Crippen molar-refractivity contribution in [3.8, 4) is 11.8 Å². The Labute approximate surface area is 158 Å². The minimum absolute atomic E-state index is 0.0370. The van der Waals surface area contributed by atoms with E-state index >= 15 is 0 Å². The van der Waals surface area contributed by atoms with Crippen molar-refractivity contribution in [2.45, 2.75) is 32.9 Å². The molecule has 0 bridgehead atoms. The third-order valence-corrected chi connectivity index (χ3v) is 3.59. The Hall–Kier alpha value is -2.30. The molecule has 0 saturated carbocycles. The Morgan fingerprint density at radius 2 is 1.88 bits per heavy atom. The van der Waals surface area contributed by atoms with Gasteiger partial charge in [0.2, 0.25) is 5.91 Å². The lowest BCUT2D eigenvalue weighted by atomic mass is 10.0. The molecule has 0 aliphatic rings. The molecule has 1 rings (SSSR count). The summed E-state index contributed by atoms with van der Waals surface area (Å²) in [6, 6.07) is 8.07. The molecule has 0 radical (unpaired) electrons. The van der Waals surface area contributed by atoms with Gasteiger partial charge < -0.3 is 9.47 Å². The first-order chi connectivity index (χ1) is 12.4. The van der Waals surface area contributed by atoms with E-state index in [2.05, 4.69) is 10.6 Å². The lowest BCUT2D eigenvalue weighted by Gasteiger charge is -2.25. The molecule has 142 valence electrons. The molecule has 0 fully saturated rings. The highest BCUT2D eigenvalue weighted by molar-refractivity contribution is 6.18. The van der Waals surface area contributed by atoms with Crippen molar-refractivity contribution < 1.29 is 19.1 Å². The molecule has 2 amide bonds. The number of hydrogen-bond donors (Lipinski definition) is 2. The second kappa shape index (κ2) is 11.3.